The van der Waals surface area contributed by atoms with Gasteiger partial charge in [0.05, 0.1) is 0 Å². The lowest BCUT2D eigenvalue weighted by Crippen LogP contribution is -2.34. The quantitative estimate of drug-likeness (QED) is 0.639. The van der Waals surface area contributed by atoms with E-state index in [1.54, 1.807) is 0 Å². The van der Waals surface area contributed by atoms with Crippen molar-refractivity contribution in [2.24, 2.45) is 0 Å². The maximum absolute atomic E-state index is 11.4. The van der Waals surface area contributed by atoms with Crippen LogP contribution in [-0.2, 0) is 10.8 Å². The fourth-order valence-corrected chi connectivity index (χ4v) is 3.86. The first-order valence-electron chi connectivity index (χ1n) is 8.46. The Kier molecular flexibility index (Phi) is 3.71. The van der Waals surface area contributed by atoms with Crippen LogP contribution in [0.25, 0.3) is 11.1 Å². The van der Waals surface area contributed by atoms with Gasteiger partial charge in [0.25, 0.3) is 0 Å². The molecule has 0 fully saturated rings. The third-order valence-corrected chi connectivity index (χ3v) is 5.58. The highest BCUT2D eigenvalue weighted by atomic mass is 16.1. The standard InChI is InChI=1S/C22H26O/c1-15-12-19-20(22(4,5)11-10-21(19,2)3)13-18(15)17-9-7-6-8-16(17)14-23/h6-9,12-14H,10-11H2,1-5H3. The summed E-state index contributed by atoms with van der Waals surface area (Å²) in [6, 6.07) is 12.6. The van der Waals surface area contributed by atoms with Crippen LogP contribution in [0.3, 0.4) is 0 Å². The molecule has 1 aliphatic rings. The molecule has 0 radical (unpaired) electrons. The zero-order chi connectivity index (χ0) is 16.8. The van der Waals surface area contributed by atoms with E-state index in [1.807, 2.05) is 18.2 Å². The maximum Gasteiger partial charge on any atom is 0.150 e. The predicted molar refractivity (Wildman–Crippen MR) is 97.3 cm³/mol. The van der Waals surface area contributed by atoms with Crippen LogP contribution in [0.15, 0.2) is 36.4 Å². The second-order valence-corrected chi connectivity index (χ2v) is 8.19. The van der Waals surface area contributed by atoms with Gasteiger partial charge in [-0.1, -0.05) is 64.1 Å². The van der Waals surface area contributed by atoms with Gasteiger partial charge in [-0.15, -0.1) is 0 Å². The molecule has 1 aliphatic carbocycles. The summed E-state index contributed by atoms with van der Waals surface area (Å²) in [5.41, 5.74) is 7.57. The smallest absolute Gasteiger partial charge is 0.150 e. The molecule has 1 heteroatoms. The molecule has 0 amide bonds. The Bertz CT molecular complexity index is 766. The van der Waals surface area contributed by atoms with Gasteiger partial charge in [-0.3, -0.25) is 4.79 Å². The van der Waals surface area contributed by atoms with Gasteiger partial charge in [-0.2, -0.15) is 0 Å². The SMILES string of the molecule is Cc1cc2c(cc1-c1ccccc1C=O)C(C)(C)CCC2(C)C. The summed E-state index contributed by atoms with van der Waals surface area (Å²) < 4.78 is 0. The molecular weight excluding hydrogens is 280 g/mol. The Morgan fingerprint density at radius 1 is 0.870 bits per heavy atom. The Labute approximate surface area is 139 Å². The van der Waals surface area contributed by atoms with E-state index >= 15 is 0 Å². The lowest BCUT2D eigenvalue weighted by molar-refractivity contribution is 0.112. The highest BCUT2D eigenvalue weighted by molar-refractivity contribution is 5.88. The highest BCUT2D eigenvalue weighted by Crippen LogP contribution is 2.47. The molecule has 2 aromatic rings. The molecule has 1 nitrogen and oxygen atoms in total. The van der Waals surface area contributed by atoms with Gasteiger partial charge in [0.2, 0.25) is 0 Å². The first-order chi connectivity index (χ1) is 10.8. The highest BCUT2D eigenvalue weighted by Gasteiger charge is 2.37. The Balaban J connectivity index is 2.28. The van der Waals surface area contributed by atoms with Gasteiger partial charge in [0.15, 0.2) is 6.29 Å². The van der Waals surface area contributed by atoms with E-state index in [1.165, 1.54) is 35.1 Å². The van der Waals surface area contributed by atoms with Gasteiger partial charge in [0.1, 0.15) is 0 Å². The van der Waals surface area contributed by atoms with E-state index in [0.29, 0.717) is 0 Å². The average Bonchev–Trinajstić information content (AvgIpc) is 2.51. The summed E-state index contributed by atoms with van der Waals surface area (Å²) in [5.74, 6) is 0. The van der Waals surface area contributed by atoms with Crippen LogP contribution in [0, 0.1) is 6.92 Å². The number of hydrogen-bond acceptors (Lipinski definition) is 1. The molecule has 120 valence electrons. The fraction of sp³-hybridized carbons (Fsp3) is 0.409. The van der Waals surface area contributed by atoms with Crippen molar-refractivity contribution in [1.29, 1.82) is 0 Å². The van der Waals surface area contributed by atoms with Crippen LogP contribution in [0.2, 0.25) is 0 Å². The minimum Gasteiger partial charge on any atom is -0.298 e. The average molecular weight is 306 g/mol. The zero-order valence-electron chi connectivity index (χ0n) is 14.9. The molecule has 0 aromatic heterocycles. The van der Waals surface area contributed by atoms with E-state index in [0.717, 1.165) is 17.4 Å². The van der Waals surface area contributed by atoms with Crippen molar-refractivity contribution in [1.82, 2.24) is 0 Å². The number of rotatable bonds is 2. The third-order valence-electron chi connectivity index (χ3n) is 5.58. The summed E-state index contributed by atoms with van der Waals surface area (Å²) in [5, 5.41) is 0. The molecule has 23 heavy (non-hydrogen) atoms. The van der Waals surface area contributed by atoms with E-state index < -0.39 is 0 Å². The third kappa shape index (κ3) is 2.63. The van der Waals surface area contributed by atoms with Crippen LogP contribution in [-0.4, -0.2) is 6.29 Å². The number of benzene rings is 2. The Morgan fingerprint density at radius 2 is 1.43 bits per heavy atom. The summed E-state index contributed by atoms with van der Waals surface area (Å²) in [6.07, 6.45) is 3.38. The van der Waals surface area contributed by atoms with Crippen molar-refractivity contribution in [2.45, 2.75) is 58.3 Å². The predicted octanol–water partition coefficient (Wildman–Crippen LogP) is 5.82. The zero-order valence-corrected chi connectivity index (χ0v) is 14.9. The number of fused-ring (bicyclic) bond motifs is 1. The summed E-state index contributed by atoms with van der Waals surface area (Å²) >= 11 is 0. The second kappa shape index (κ2) is 5.33. The van der Waals surface area contributed by atoms with Gasteiger partial charge in [-0.25, -0.2) is 0 Å². The number of carbonyl (C=O) groups is 1. The molecular formula is C22H26O. The van der Waals surface area contributed by atoms with Gasteiger partial charge in [0, 0.05) is 5.56 Å². The van der Waals surface area contributed by atoms with Crippen LogP contribution in [0.1, 0.15) is 67.6 Å². The molecule has 0 N–H and O–H groups in total. The van der Waals surface area contributed by atoms with Crippen molar-refractivity contribution in [3.63, 3.8) is 0 Å². The topological polar surface area (TPSA) is 17.1 Å². The summed E-state index contributed by atoms with van der Waals surface area (Å²) in [7, 11) is 0. The molecule has 2 aromatic carbocycles. The number of aldehydes is 1. The van der Waals surface area contributed by atoms with Gasteiger partial charge >= 0.3 is 0 Å². The maximum atomic E-state index is 11.4. The second-order valence-electron chi connectivity index (χ2n) is 8.19. The van der Waals surface area contributed by atoms with E-state index in [4.69, 9.17) is 0 Å². The minimum absolute atomic E-state index is 0.184. The lowest BCUT2D eigenvalue weighted by Gasteiger charge is -2.42. The summed E-state index contributed by atoms with van der Waals surface area (Å²) in [6.45, 7) is 11.5. The van der Waals surface area contributed by atoms with E-state index in [9.17, 15) is 4.79 Å². The molecule has 0 spiro atoms. The lowest BCUT2D eigenvalue weighted by atomic mass is 9.62. The molecule has 0 aliphatic heterocycles. The van der Waals surface area contributed by atoms with E-state index in [-0.39, 0.29) is 10.8 Å². The monoisotopic (exact) mass is 306 g/mol. The molecule has 0 heterocycles. The minimum atomic E-state index is 0.184. The number of carbonyl (C=O) groups excluding carboxylic acids is 1. The van der Waals surface area contributed by atoms with Crippen molar-refractivity contribution in [3.05, 3.63) is 58.7 Å². The number of hydrogen-bond donors (Lipinski definition) is 0. The van der Waals surface area contributed by atoms with Crippen molar-refractivity contribution in [2.75, 3.05) is 0 Å². The molecule has 0 saturated carbocycles. The van der Waals surface area contributed by atoms with Crippen LogP contribution >= 0.6 is 0 Å². The van der Waals surface area contributed by atoms with Crippen molar-refractivity contribution >= 4 is 6.29 Å². The Morgan fingerprint density at radius 3 is 2.04 bits per heavy atom. The fourth-order valence-electron chi connectivity index (χ4n) is 3.86. The molecule has 0 atom stereocenters. The first kappa shape index (κ1) is 16.0. The van der Waals surface area contributed by atoms with Crippen LogP contribution < -0.4 is 0 Å². The Hall–Kier alpha value is -1.89. The van der Waals surface area contributed by atoms with Crippen molar-refractivity contribution < 1.29 is 4.79 Å². The van der Waals surface area contributed by atoms with Gasteiger partial charge in [-0.05, 0) is 58.4 Å². The van der Waals surface area contributed by atoms with Gasteiger partial charge < -0.3 is 0 Å². The largest absolute Gasteiger partial charge is 0.298 e. The molecule has 0 unspecified atom stereocenters. The van der Waals surface area contributed by atoms with Crippen LogP contribution in [0.4, 0.5) is 0 Å². The molecule has 0 saturated heterocycles. The number of aryl methyl sites for hydroxylation is 1. The first-order valence-corrected chi connectivity index (χ1v) is 8.46. The summed E-state index contributed by atoms with van der Waals surface area (Å²) in [4.78, 5) is 11.4. The van der Waals surface area contributed by atoms with Crippen LogP contribution in [0.5, 0.6) is 0 Å². The molecule has 3 rings (SSSR count). The normalized spacial score (nSPS) is 18.3. The molecule has 0 bridgehead atoms. The van der Waals surface area contributed by atoms with Crippen molar-refractivity contribution in [3.8, 4) is 11.1 Å². The van der Waals surface area contributed by atoms with E-state index in [2.05, 4.69) is 52.8 Å².